The first kappa shape index (κ1) is 11.6. The molecular formula is C10H12BrNOS. The SMILES string of the molecule is CSc1cccc(CC(Br)C(N)=O)c1. The number of hydrogen-bond acceptors (Lipinski definition) is 2. The molecule has 1 unspecified atom stereocenters. The number of hydrogen-bond donors (Lipinski definition) is 1. The lowest BCUT2D eigenvalue weighted by molar-refractivity contribution is -0.117. The number of alkyl halides is 1. The van der Waals surface area contributed by atoms with Gasteiger partial charge in [-0.2, -0.15) is 0 Å². The molecule has 0 fully saturated rings. The second kappa shape index (κ2) is 5.41. The number of halogens is 1. The molecule has 4 heteroatoms. The average molecular weight is 274 g/mol. The fourth-order valence-electron chi connectivity index (χ4n) is 1.11. The molecule has 2 nitrogen and oxygen atoms in total. The molecule has 1 rings (SSSR count). The van der Waals surface area contributed by atoms with Crippen molar-refractivity contribution < 1.29 is 4.79 Å². The summed E-state index contributed by atoms with van der Waals surface area (Å²) in [6.07, 6.45) is 2.67. The molecule has 1 aromatic carbocycles. The highest BCUT2D eigenvalue weighted by atomic mass is 79.9. The Bertz CT molecular complexity index is 330. The van der Waals surface area contributed by atoms with Crippen molar-refractivity contribution >= 4 is 33.6 Å². The number of thioether (sulfide) groups is 1. The Kier molecular flexibility index (Phi) is 4.48. The van der Waals surface area contributed by atoms with E-state index < -0.39 is 0 Å². The Morgan fingerprint density at radius 1 is 1.64 bits per heavy atom. The number of amides is 1. The first-order valence-corrected chi connectivity index (χ1v) is 6.34. The van der Waals surface area contributed by atoms with Crippen molar-refractivity contribution in [2.75, 3.05) is 6.26 Å². The van der Waals surface area contributed by atoms with Crippen molar-refractivity contribution in [1.82, 2.24) is 0 Å². The van der Waals surface area contributed by atoms with Gasteiger partial charge in [0.05, 0.1) is 4.83 Å². The molecule has 2 N–H and O–H groups in total. The van der Waals surface area contributed by atoms with Crippen LogP contribution in [0.4, 0.5) is 0 Å². The Morgan fingerprint density at radius 2 is 2.36 bits per heavy atom. The van der Waals surface area contributed by atoms with Crippen molar-refractivity contribution in [3.63, 3.8) is 0 Å². The summed E-state index contributed by atoms with van der Waals surface area (Å²) in [5.74, 6) is -0.320. The predicted molar refractivity (Wildman–Crippen MR) is 63.8 cm³/mol. The van der Waals surface area contributed by atoms with E-state index in [0.717, 1.165) is 5.56 Å². The van der Waals surface area contributed by atoms with Crippen molar-refractivity contribution in [2.24, 2.45) is 5.73 Å². The Morgan fingerprint density at radius 3 is 2.93 bits per heavy atom. The van der Waals surface area contributed by atoms with Crippen LogP contribution in [0.2, 0.25) is 0 Å². The van der Waals surface area contributed by atoms with E-state index in [2.05, 4.69) is 22.0 Å². The van der Waals surface area contributed by atoms with Crippen LogP contribution in [0.5, 0.6) is 0 Å². The largest absolute Gasteiger partial charge is 0.369 e. The first-order chi connectivity index (χ1) is 6.63. The molecule has 0 aliphatic rings. The minimum absolute atomic E-state index is 0.278. The molecule has 14 heavy (non-hydrogen) atoms. The lowest BCUT2D eigenvalue weighted by Gasteiger charge is -2.06. The molecule has 0 saturated heterocycles. The van der Waals surface area contributed by atoms with E-state index in [-0.39, 0.29) is 10.7 Å². The van der Waals surface area contributed by atoms with Gasteiger partial charge in [0.2, 0.25) is 5.91 Å². The summed E-state index contributed by atoms with van der Waals surface area (Å²) >= 11 is 4.93. The molecule has 0 aliphatic heterocycles. The molecule has 0 bridgehead atoms. The van der Waals surface area contributed by atoms with E-state index in [1.807, 2.05) is 24.5 Å². The van der Waals surface area contributed by atoms with Crippen LogP contribution in [0, 0.1) is 0 Å². The van der Waals surface area contributed by atoms with Gasteiger partial charge in [0.15, 0.2) is 0 Å². The maximum absolute atomic E-state index is 10.8. The van der Waals surface area contributed by atoms with Gasteiger partial charge in [-0.1, -0.05) is 28.1 Å². The highest BCUT2D eigenvalue weighted by molar-refractivity contribution is 9.10. The van der Waals surface area contributed by atoms with Gasteiger partial charge < -0.3 is 5.73 Å². The highest BCUT2D eigenvalue weighted by Gasteiger charge is 2.11. The van der Waals surface area contributed by atoms with Gasteiger partial charge in [-0.3, -0.25) is 4.79 Å². The van der Waals surface area contributed by atoms with E-state index >= 15 is 0 Å². The zero-order valence-corrected chi connectivity index (χ0v) is 10.3. The molecule has 0 spiro atoms. The molecule has 76 valence electrons. The number of nitrogens with two attached hydrogens (primary N) is 1. The summed E-state index contributed by atoms with van der Waals surface area (Å²) in [7, 11) is 0. The van der Waals surface area contributed by atoms with Gasteiger partial charge >= 0.3 is 0 Å². The first-order valence-electron chi connectivity index (χ1n) is 4.20. The predicted octanol–water partition coefficient (Wildman–Crippen LogP) is 2.20. The van der Waals surface area contributed by atoms with Gasteiger partial charge in [-0.25, -0.2) is 0 Å². The Balaban J connectivity index is 2.71. The summed E-state index contributed by atoms with van der Waals surface area (Å²) in [6.45, 7) is 0. The van der Waals surface area contributed by atoms with Crippen LogP contribution in [0.3, 0.4) is 0 Å². The van der Waals surface area contributed by atoms with E-state index in [4.69, 9.17) is 5.73 Å². The topological polar surface area (TPSA) is 43.1 Å². The quantitative estimate of drug-likeness (QED) is 0.675. The summed E-state index contributed by atoms with van der Waals surface area (Å²) in [5, 5.41) is 0. The minimum atomic E-state index is -0.320. The van der Waals surface area contributed by atoms with E-state index in [1.54, 1.807) is 11.8 Å². The van der Waals surface area contributed by atoms with Crippen molar-refractivity contribution in [3.05, 3.63) is 29.8 Å². The number of primary amides is 1. The lowest BCUT2D eigenvalue weighted by atomic mass is 10.1. The summed E-state index contributed by atoms with van der Waals surface area (Å²) < 4.78 is 0. The summed E-state index contributed by atoms with van der Waals surface area (Å²) in [5.41, 5.74) is 6.29. The van der Waals surface area contributed by atoms with Crippen LogP contribution in [0.1, 0.15) is 5.56 Å². The Hall–Kier alpha value is -0.480. The molecule has 0 saturated carbocycles. The second-order valence-electron chi connectivity index (χ2n) is 2.93. The molecule has 1 atom stereocenters. The zero-order valence-electron chi connectivity index (χ0n) is 7.87. The highest BCUT2D eigenvalue weighted by Crippen LogP contribution is 2.18. The standard InChI is InChI=1S/C10H12BrNOS/c1-14-8-4-2-3-7(5-8)6-9(11)10(12)13/h2-5,9H,6H2,1H3,(H2,12,13). The minimum Gasteiger partial charge on any atom is -0.369 e. The summed E-state index contributed by atoms with van der Waals surface area (Å²) in [6, 6.07) is 8.10. The van der Waals surface area contributed by atoms with Crippen LogP contribution in [0.25, 0.3) is 0 Å². The lowest BCUT2D eigenvalue weighted by Crippen LogP contribution is -2.24. The van der Waals surface area contributed by atoms with E-state index in [9.17, 15) is 4.79 Å². The van der Waals surface area contributed by atoms with Crippen LogP contribution < -0.4 is 5.73 Å². The van der Waals surface area contributed by atoms with E-state index in [0.29, 0.717) is 6.42 Å². The molecule has 0 heterocycles. The number of carbonyl (C=O) groups excluding carboxylic acids is 1. The summed E-state index contributed by atoms with van der Waals surface area (Å²) in [4.78, 5) is 11.8. The van der Waals surface area contributed by atoms with Crippen LogP contribution in [-0.4, -0.2) is 17.0 Å². The number of rotatable bonds is 4. The van der Waals surface area contributed by atoms with E-state index in [1.165, 1.54) is 4.90 Å². The van der Waals surface area contributed by atoms with Gasteiger partial charge in [0, 0.05) is 4.90 Å². The van der Waals surface area contributed by atoms with Crippen molar-refractivity contribution in [3.8, 4) is 0 Å². The molecule has 1 amide bonds. The maximum atomic E-state index is 10.8. The normalized spacial score (nSPS) is 12.4. The smallest absolute Gasteiger partial charge is 0.231 e. The van der Waals surface area contributed by atoms with Crippen LogP contribution >= 0.6 is 27.7 Å². The number of carbonyl (C=O) groups is 1. The maximum Gasteiger partial charge on any atom is 0.231 e. The zero-order chi connectivity index (χ0) is 10.6. The molecule has 1 aromatic rings. The fraction of sp³-hybridized carbons (Fsp3) is 0.300. The average Bonchev–Trinajstić information content (AvgIpc) is 2.18. The molecular weight excluding hydrogens is 262 g/mol. The van der Waals surface area contributed by atoms with Gasteiger partial charge in [-0.15, -0.1) is 11.8 Å². The Labute approximate surface area is 96.4 Å². The van der Waals surface area contributed by atoms with Crippen LogP contribution in [-0.2, 0) is 11.2 Å². The van der Waals surface area contributed by atoms with Gasteiger partial charge in [0.25, 0.3) is 0 Å². The van der Waals surface area contributed by atoms with Crippen LogP contribution in [0.15, 0.2) is 29.2 Å². The number of benzene rings is 1. The third-order valence-electron chi connectivity index (χ3n) is 1.86. The molecule has 0 radical (unpaired) electrons. The monoisotopic (exact) mass is 273 g/mol. The van der Waals surface area contributed by atoms with Gasteiger partial charge in [-0.05, 0) is 30.4 Å². The van der Waals surface area contributed by atoms with Crippen molar-refractivity contribution in [2.45, 2.75) is 16.1 Å². The third-order valence-corrected chi connectivity index (χ3v) is 3.36. The fourth-order valence-corrected chi connectivity index (χ4v) is 1.96. The third kappa shape index (κ3) is 3.35. The van der Waals surface area contributed by atoms with Crippen molar-refractivity contribution in [1.29, 1.82) is 0 Å². The molecule has 0 aromatic heterocycles. The van der Waals surface area contributed by atoms with Gasteiger partial charge in [0.1, 0.15) is 0 Å². The second-order valence-corrected chi connectivity index (χ2v) is 4.91. The molecule has 0 aliphatic carbocycles.